The van der Waals surface area contributed by atoms with Crippen LogP contribution in [0.5, 0.6) is 5.75 Å². The molecule has 0 fully saturated rings. The molecule has 0 saturated carbocycles. The summed E-state index contributed by atoms with van der Waals surface area (Å²) in [5.41, 5.74) is 1.89. The van der Waals surface area contributed by atoms with Gasteiger partial charge in [0.15, 0.2) is 0 Å². The second-order valence-electron chi connectivity index (χ2n) is 6.97. The molecule has 2 aromatic heterocycles. The highest BCUT2D eigenvalue weighted by Crippen LogP contribution is 2.28. The van der Waals surface area contributed by atoms with E-state index in [1.54, 1.807) is 11.3 Å². The first-order valence-corrected chi connectivity index (χ1v) is 10.5. The molecule has 1 aromatic carbocycles. The maximum Gasteiger partial charge on any atom is 0.270 e. The van der Waals surface area contributed by atoms with Crippen molar-refractivity contribution in [2.24, 2.45) is 0 Å². The van der Waals surface area contributed by atoms with Gasteiger partial charge in [-0.25, -0.2) is 0 Å². The number of hydrogen-bond donors (Lipinski definition) is 1. The second-order valence-corrected chi connectivity index (χ2v) is 7.95. The summed E-state index contributed by atoms with van der Waals surface area (Å²) in [6.07, 6.45) is 2.94. The van der Waals surface area contributed by atoms with Crippen LogP contribution in [-0.2, 0) is 13.1 Å². The van der Waals surface area contributed by atoms with E-state index in [4.69, 9.17) is 4.74 Å². The molecule has 1 N–H and O–H groups in total. The molecule has 1 amide bonds. The molecule has 1 atom stereocenters. The van der Waals surface area contributed by atoms with Crippen LogP contribution in [-0.4, -0.2) is 35.5 Å². The van der Waals surface area contributed by atoms with Crippen LogP contribution in [0.4, 0.5) is 0 Å². The standard InChI is InChI=1S/C22H25N3O2S/c1-23-11-10-20(21-5-3-15-28-21)27-18-8-6-17(7-9-18)16-25-14-13-24-12-2-4-19(24)22(25)26/h2-9,12,15,20,23H,10-11,13-14,16H2,1H3/t20-/m0/s1. The molecule has 0 radical (unpaired) electrons. The molecule has 0 aliphatic carbocycles. The summed E-state index contributed by atoms with van der Waals surface area (Å²) in [6.45, 7) is 3.12. The van der Waals surface area contributed by atoms with Crippen LogP contribution < -0.4 is 10.1 Å². The first kappa shape index (κ1) is 18.8. The first-order chi connectivity index (χ1) is 13.7. The van der Waals surface area contributed by atoms with Crippen LogP contribution in [0.1, 0.15) is 33.5 Å². The molecule has 28 heavy (non-hydrogen) atoms. The zero-order valence-electron chi connectivity index (χ0n) is 16.0. The van der Waals surface area contributed by atoms with Crippen molar-refractivity contribution < 1.29 is 9.53 Å². The largest absolute Gasteiger partial charge is 0.485 e. The number of rotatable bonds is 8. The van der Waals surface area contributed by atoms with Crippen molar-refractivity contribution in [1.82, 2.24) is 14.8 Å². The van der Waals surface area contributed by atoms with Gasteiger partial charge in [0, 0.05) is 37.1 Å². The molecule has 6 heteroatoms. The van der Waals surface area contributed by atoms with Gasteiger partial charge >= 0.3 is 0 Å². The van der Waals surface area contributed by atoms with E-state index < -0.39 is 0 Å². The molecule has 1 aliphatic heterocycles. The highest BCUT2D eigenvalue weighted by Gasteiger charge is 2.23. The highest BCUT2D eigenvalue weighted by molar-refractivity contribution is 7.10. The van der Waals surface area contributed by atoms with Crippen molar-refractivity contribution in [3.63, 3.8) is 0 Å². The SMILES string of the molecule is CNCC[C@H](Oc1ccc(CN2CCn3cccc3C2=O)cc1)c1cccs1. The Morgan fingerprint density at radius 3 is 2.75 bits per heavy atom. The van der Waals surface area contributed by atoms with Gasteiger partial charge in [0.1, 0.15) is 17.5 Å². The zero-order valence-corrected chi connectivity index (χ0v) is 16.8. The van der Waals surface area contributed by atoms with Crippen molar-refractivity contribution in [1.29, 1.82) is 0 Å². The summed E-state index contributed by atoms with van der Waals surface area (Å²) in [5, 5.41) is 5.28. The van der Waals surface area contributed by atoms with E-state index in [9.17, 15) is 4.79 Å². The van der Waals surface area contributed by atoms with E-state index in [-0.39, 0.29) is 12.0 Å². The van der Waals surface area contributed by atoms with Gasteiger partial charge in [0.2, 0.25) is 0 Å². The quantitative estimate of drug-likeness (QED) is 0.629. The number of aromatic nitrogens is 1. The minimum absolute atomic E-state index is 0.0507. The van der Waals surface area contributed by atoms with Gasteiger partial charge in [-0.05, 0) is 54.9 Å². The van der Waals surface area contributed by atoms with Crippen molar-refractivity contribution in [2.45, 2.75) is 25.6 Å². The smallest absolute Gasteiger partial charge is 0.270 e. The Bertz CT molecular complexity index is 902. The van der Waals surface area contributed by atoms with Gasteiger partial charge in [-0.2, -0.15) is 0 Å². The molecule has 0 bridgehead atoms. The van der Waals surface area contributed by atoms with Crippen molar-refractivity contribution >= 4 is 17.2 Å². The van der Waals surface area contributed by atoms with Gasteiger partial charge in [0.25, 0.3) is 5.91 Å². The van der Waals surface area contributed by atoms with E-state index in [0.717, 1.165) is 43.1 Å². The van der Waals surface area contributed by atoms with E-state index >= 15 is 0 Å². The van der Waals surface area contributed by atoms with Gasteiger partial charge in [-0.15, -0.1) is 11.3 Å². The Balaban J connectivity index is 1.40. The summed E-state index contributed by atoms with van der Waals surface area (Å²) < 4.78 is 8.27. The summed E-state index contributed by atoms with van der Waals surface area (Å²) in [7, 11) is 1.96. The maximum atomic E-state index is 12.6. The highest BCUT2D eigenvalue weighted by atomic mass is 32.1. The number of ether oxygens (including phenoxy) is 1. The summed E-state index contributed by atoms with van der Waals surface area (Å²) in [6, 6.07) is 16.1. The Hall–Kier alpha value is -2.57. The van der Waals surface area contributed by atoms with E-state index in [2.05, 4.69) is 35.0 Å². The average Bonchev–Trinajstić information content (AvgIpc) is 3.41. The minimum atomic E-state index is 0.0507. The second kappa shape index (κ2) is 8.63. The summed E-state index contributed by atoms with van der Waals surface area (Å²) >= 11 is 1.72. The van der Waals surface area contributed by atoms with Crippen molar-refractivity contribution in [2.75, 3.05) is 20.1 Å². The van der Waals surface area contributed by atoms with Crippen LogP contribution in [0.3, 0.4) is 0 Å². The molecule has 5 nitrogen and oxygen atoms in total. The van der Waals surface area contributed by atoms with E-state index in [0.29, 0.717) is 6.54 Å². The Labute approximate surface area is 169 Å². The minimum Gasteiger partial charge on any atom is -0.485 e. The van der Waals surface area contributed by atoms with Gasteiger partial charge in [-0.3, -0.25) is 4.79 Å². The number of hydrogen-bond acceptors (Lipinski definition) is 4. The molecule has 0 unspecified atom stereocenters. The number of nitrogens with one attached hydrogen (secondary N) is 1. The fourth-order valence-electron chi connectivity index (χ4n) is 3.51. The van der Waals surface area contributed by atoms with Crippen LogP contribution in [0, 0.1) is 0 Å². The molecule has 1 aliphatic rings. The lowest BCUT2D eigenvalue weighted by atomic mass is 10.1. The molecule has 3 aromatic rings. The summed E-state index contributed by atoms with van der Waals surface area (Å²) in [4.78, 5) is 15.7. The molecular formula is C22H25N3O2S. The Morgan fingerprint density at radius 2 is 2.00 bits per heavy atom. The monoisotopic (exact) mass is 395 g/mol. The van der Waals surface area contributed by atoms with Crippen molar-refractivity contribution in [3.8, 4) is 5.75 Å². The molecule has 3 heterocycles. The molecule has 0 spiro atoms. The predicted molar refractivity (Wildman–Crippen MR) is 112 cm³/mol. The topological polar surface area (TPSA) is 46.5 Å². The van der Waals surface area contributed by atoms with Crippen LogP contribution in [0.2, 0.25) is 0 Å². The molecule has 4 rings (SSSR count). The van der Waals surface area contributed by atoms with Gasteiger partial charge < -0.3 is 19.5 Å². The zero-order chi connectivity index (χ0) is 19.3. The maximum absolute atomic E-state index is 12.6. The molecule has 0 saturated heterocycles. The third-order valence-corrected chi connectivity index (χ3v) is 6.00. The number of benzene rings is 1. The Kier molecular flexibility index (Phi) is 5.78. The van der Waals surface area contributed by atoms with Crippen LogP contribution >= 0.6 is 11.3 Å². The third kappa shape index (κ3) is 4.13. The predicted octanol–water partition coefficient (Wildman–Crippen LogP) is 3.94. The molecule has 146 valence electrons. The number of carbonyl (C=O) groups is 1. The van der Waals surface area contributed by atoms with Crippen LogP contribution in [0.15, 0.2) is 60.1 Å². The summed E-state index contributed by atoms with van der Waals surface area (Å²) in [5.74, 6) is 0.957. The fourth-order valence-corrected chi connectivity index (χ4v) is 4.30. The lowest BCUT2D eigenvalue weighted by Gasteiger charge is -2.28. The van der Waals surface area contributed by atoms with Gasteiger partial charge in [-0.1, -0.05) is 18.2 Å². The fraction of sp³-hybridized carbons (Fsp3) is 0.318. The average molecular weight is 396 g/mol. The third-order valence-electron chi connectivity index (χ3n) is 5.04. The van der Waals surface area contributed by atoms with Crippen LogP contribution in [0.25, 0.3) is 0 Å². The lowest BCUT2D eigenvalue weighted by Crippen LogP contribution is -2.39. The number of thiophene rings is 1. The van der Waals surface area contributed by atoms with Gasteiger partial charge in [0.05, 0.1) is 0 Å². The van der Waals surface area contributed by atoms with E-state index in [1.165, 1.54) is 4.88 Å². The number of fused-ring (bicyclic) bond motifs is 1. The number of carbonyl (C=O) groups excluding carboxylic acids is 1. The first-order valence-electron chi connectivity index (χ1n) is 9.62. The van der Waals surface area contributed by atoms with E-state index in [1.807, 2.05) is 47.0 Å². The lowest BCUT2D eigenvalue weighted by molar-refractivity contribution is 0.0691. The number of nitrogens with zero attached hydrogens (tertiary/aromatic N) is 2. The van der Waals surface area contributed by atoms with Crippen molar-refractivity contribution in [3.05, 3.63) is 76.2 Å². The molecular weight excluding hydrogens is 370 g/mol. The Morgan fingerprint density at radius 1 is 1.14 bits per heavy atom. The number of amides is 1. The normalized spacial score (nSPS) is 14.8.